The number of ether oxygens (including phenoxy) is 1. The van der Waals surface area contributed by atoms with Crippen molar-refractivity contribution in [3.63, 3.8) is 0 Å². The van der Waals surface area contributed by atoms with Crippen molar-refractivity contribution in [3.05, 3.63) is 33.8 Å². The standard InChI is InChI=1S/C19H24Cl2N2O2.ClH/c20-16-4-1-13(10-17(16)21)18-11-23(5-6-25-18)19(24)9-12-7-14-2-3-15(8-12)22-14;/h1,4,10,12,14-15,18,22H,2-3,5-9,11H2;1H. The Bertz CT molecular complexity index is 646. The third-order valence-electron chi connectivity index (χ3n) is 5.77. The molecule has 4 nitrogen and oxygen atoms in total. The van der Waals surface area contributed by atoms with Gasteiger partial charge in [0.2, 0.25) is 5.91 Å². The zero-order chi connectivity index (χ0) is 17.4. The van der Waals surface area contributed by atoms with Crippen molar-refractivity contribution < 1.29 is 9.53 Å². The van der Waals surface area contributed by atoms with E-state index in [2.05, 4.69) is 5.32 Å². The Morgan fingerprint density at radius 3 is 2.62 bits per heavy atom. The van der Waals surface area contributed by atoms with E-state index in [1.807, 2.05) is 17.0 Å². The molecule has 3 aliphatic rings. The lowest BCUT2D eigenvalue weighted by Gasteiger charge is -2.35. The fourth-order valence-electron chi connectivity index (χ4n) is 4.51. The van der Waals surface area contributed by atoms with E-state index < -0.39 is 0 Å². The second-order valence-electron chi connectivity index (χ2n) is 7.55. The lowest BCUT2D eigenvalue weighted by atomic mass is 9.89. The quantitative estimate of drug-likeness (QED) is 0.797. The minimum atomic E-state index is -0.128. The van der Waals surface area contributed by atoms with Crippen LogP contribution in [0.25, 0.3) is 0 Å². The summed E-state index contributed by atoms with van der Waals surface area (Å²) in [6.07, 6.45) is 5.36. The van der Waals surface area contributed by atoms with Crippen LogP contribution in [-0.2, 0) is 9.53 Å². The SMILES string of the molecule is Cl.O=C(CC1CC2CCC(C1)N2)N1CCOC(c2ccc(Cl)c(Cl)c2)C1. The van der Waals surface area contributed by atoms with Crippen LogP contribution in [0.15, 0.2) is 18.2 Å². The predicted octanol–water partition coefficient (Wildman–Crippen LogP) is 4.24. The van der Waals surface area contributed by atoms with Crippen molar-refractivity contribution >= 4 is 41.5 Å². The third kappa shape index (κ3) is 4.48. The van der Waals surface area contributed by atoms with Gasteiger partial charge in [-0.1, -0.05) is 29.3 Å². The number of carbonyl (C=O) groups is 1. The molecule has 1 N–H and O–H groups in total. The highest BCUT2D eigenvalue weighted by molar-refractivity contribution is 6.42. The first kappa shape index (κ1) is 20.2. The first-order chi connectivity index (χ1) is 12.1. The van der Waals surface area contributed by atoms with Crippen LogP contribution in [-0.4, -0.2) is 42.6 Å². The average Bonchev–Trinajstić information content (AvgIpc) is 2.96. The number of amides is 1. The molecule has 4 rings (SSSR count). The van der Waals surface area contributed by atoms with E-state index in [0.717, 1.165) is 18.4 Å². The molecule has 26 heavy (non-hydrogen) atoms. The fraction of sp³-hybridized carbons (Fsp3) is 0.632. The number of benzene rings is 1. The van der Waals surface area contributed by atoms with E-state index >= 15 is 0 Å². The molecule has 0 saturated carbocycles. The minimum absolute atomic E-state index is 0. The van der Waals surface area contributed by atoms with Gasteiger partial charge in [-0.2, -0.15) is 0 Å². The fourth-order valence-corrected chi connectivity index (χ4v) is 4.81. The van der Waals surface area contributed by atoms with E-state index in [-0.39, 0.29) is 24.4 Å². The van der Waals surface area contributed by atoms with Crippen molar-refractivity contribution in [2.24, 2.45) is 5.92 Å². The molecule has 0 spiro atoms. The zero-order valence-corrected chi connectivity index (χ0v) is 17.0. The summed E-state index contributed by atoms with van der Waals surface area (Å²) in [5.74, 6) is 0.789. The highest BCUT2D eigenvalue weighted by atomic mass is 35.5. The number of piperidine rings is 1. The highest BCUT2D eigenvalue weighted by Crippen LogP contribution is 2.34. The van der Waals surface area contributed by atoms with Crippen molar-refractivity contribution in [2.45, 2.75) is 50.3 Å². The van der Waals surface area contributed by atoms with E-state index in [0.29, 0.717) is 54.2 Å². The van der Waals surface area contributed by atoms with Gasteiger partial charge in [-0.05, 0) is 49.3 Å². The molecule has 3 atom stereocenters. The van der Waals surface area contributed by atoms with Gasteiger partial charge in [0, 0.05) is 25.0 Å². The van der Waals surface area contributed by atoms with Gasteiger partial charge in [0.15, 0.2) is 0 Å². The first-order valence-corrected chi connectivity index (χ1v) is 9.94. The van der Waals surface area contributed by atoms with Crippen LogP contribution >= 0.6 is 35.6 Å². The summed E-state index contributed by atoms with van der Waals surface area (Å²) in [4.78, 5) is 14.8. The molecule has 1 aromatic carbocycles. The Labute approximate surface area is 171 Å². The van der Waals surface area contributed by atoms with Crippen LogP contribution in [0.4, 0.5) is 0 Å². The normalized spacial score (nSPS) is 30.8. The van der Waals surface area contributed by atoms with Gasteiger partial charge in [0.25, 0.3) is 0 Å². The topological polar surface area (TPSA) is 41.6 Å². The number of hydrogen-bond acceptors (Lipinski definition) is 3. The molecule has 3 aliphatic heterocycles. The molecule has 0 aliphatic carbocycles. The van der Waals surface area contributed by atoms with Crippen molar-refractivity contribution in [3.8, 4) is 0 Å². The minimum Gasteiger partial charge on any atom is -0.370 e. The molecule has 3 saturated heterocycles. The van der Waals surface area contributed by atoms with Gasteiger partial charge in [-0.25, -0.2) is 0 Å². The maximum Gasteiger partial charge on any atom is 0.223 e. The van der Waals surface area contributed by atoms with Gasteiger partial charge < -0.3 is 15.0 Å². The van der Waals surface area contributed by atoms with Crippen LogP contribution < -0.4 is 5.32 Å². The van der Waals surface area contributed by atoms with Gasteiger partial charge >= 0.3 is 0 Å². The molecule has 3 fully saturated rings. The molecule has 3 heterocycles. The summed E-state index contributed by atoms with van der Waals surface area (Å²) in [6, 6.07) is 6.81. The summed E-state index contributed by atoms with van der Waals surface area (Å²) in [6.45, 7) is 1.83. The molecular formula is C19H25Cl3N2O2. The largest absolute Gasteiger partial charge is 0.370 e. The molecule has 2 bridgehead atoms. The number of rotatable bonds is 3. The summed E-state index contributed by atoms with van der Waals surface area (Å²) >= 11 is 12.1. The number of hydrogen-bond donors (Lipinski definition) is 1. The van der Waals surface area contributed by atoms with Crippen LogP contribution in [0.5, 0.6) is 0 Å². The van der Waals surface area contributed by atoms with Gasteiger partial charge in [0.1, 0.15) is 6.10 Å². The smallest absolute Gasteiger partial charge is 0.223 e. The van der Waals surface area contributed by atoms with Crippen LogP contribution in [0, 0.1) is 5.92 Å². The molecule has 3 unspecified atom stereocenters. The third-order valence-corrected chi connectivity index (χ3v) is 6.51. The summed E-state index contributed by atoms with van der Waals surface area (Å²) in [5, 5.41) is 4.70. The molecule has 7 heteroatoms. The zero-order valence-electron chi connectivity index (χ0n) is 14.6. The van der Waals surface area contributed by atoms with Crippen LogP contribution in [0.3, 0.4) is 0 Å². The van der Waals surface area contributed by atoms with Crippen LogP contribution in [0.1, 0.15) is 43.8 Å². The van der Waals surface area contributed by atoms with E-state index in [1.54, 1.807) is 6.07 Å². The van der Waals surface area contributed by atoms with Crippen molar-refractivity contribution in [1.82, 2.24) is 10.2 Å². The van der Waals surface area contributed by atoms with Crippen LogP contribution in [0.2, 0.25) is 10.0 Å². The van der Waals surface area contributed by atoms with Crippen molar-refractivity contribution in [1.29, 1.82) is 0 Å². The molecular weight excluding hydrogens is 395 g/mol. The Hall–Kier alpha value is -0.520. The Balaban J connectivity index is 0.00000196. The summed E-state index contributed by atoms with van der Waals surface area (Å²) in [7, 11) is 0. The summed E-state index contributed by atoms with van der Waals surface area (Å²) < 4.78 is 5.87. The second kappa shape index (κ2) is 8.66. The Morgan fingerprint density at radius 2 is 1.92 bits per heavy atom. The second-order valence-corrected chi connectivity index (χ2v) is 8.37. The number of carbonyl (C=O) groups excluding carboxylic acids is 1. The molecule has 1 aromatic rings. The lowest BCUT2D eigenvalue weighted by molar-refractivity contribution is -0.140. The monoisotopic (exact) mass is 418 g/mol. The lowest BCUT2D eigenvalue weighted by Crippen LogP contribution is -2.44. The van der Waals surface area contributed by atoms with Gasteiger partial charge in [0.05, 0.1) is 23.2 Å². The van der Waals surface area contributed by atoms with Gasteiger partial charge in [-0.3, -0.25) is 4.79 Å². The Morgan fingerprint density at radius 1 is 1.19 bits per heavy atom. The number of fused-ring (bicyclic) bond motifs is 2. The van der Waals surface area contributed by atoms with Gasteiger partial charge in [-0.15, -0.1) is 12.4 Å². The first-order valence-electron chi connectivity index (χ1n) is 9.19. The van der Waals surface area contributed by atoms with E-state index in [4.69, 9.17) is 27.9 Å². The van der Waals surface area contributed by atoms with E-state index in [1.165, 1.54) is 12.8 Å². The molecule has 1 amide bonds. The number of halogens is 3. The number of nitrogens with zero attached hydrogens (tertiary/aromatic N) is 1. The summed E-state index contributed by atoms with van der Waals surface area (Å²) in [5.41, 5.74) is 0.979. The molecule has 0 aromatic heterocycles. The highest BCUT2D eigenvalue weighted by Gasteiger charge is 2.35. The van der Waals surface area contributed by atoms with Crippen molar-refractivity contribution in [2.75, 3.05) is 19.7 Å². The predicted molar refractivity (Wildman–Crippen MR) is 106 cm³/mol. The average molecular weight is 420 g/mol. The number of morpholine rings is 1. The maximum absolute atomic E-state index is 12.8. The Kier molecular flexibility index (Phi) is 6.73. The molecule has 144 valence electrons. The molecule has 0 radical (unpaired) electrons. The number of nitrogens with one attached hydrogen (secondary N) is 1. The maximum atomic E-state index is 12.8. The van der Waals surface area contributed by atoms with E-state index in [9.17, 15) is 4.79 Å².